The van der Waals surface area contributed by atoms with Gasteiger partial charge >= 0.3 is 0 Å². The molecule has 0 bridgehead atoms. The van der Waals surface area contributed by atoms with Crippen molar-refractivity contribution in [2.24, 2.45) is 5.90 Å². The molecule has 0 unspecified atom stereocenters. The van der Waals surface area contributed by atoms with Gasteiger partial charge in [-0.1, -0.05) is 0 Å². The normalized spacial score (nSPS) is 29.1. The van der Waals surface area contributed by atoms with Gasteiger partial charge in [0.1, 0.15) is 0 Å². The van der Waals surface area contributed by atoms with Gasteiger partial charge in [0, 0.05) is 11.1 Å². The van der Waals surface area contributed by atoms with Gasteiger partial charge in [-0.25, -0.2) is 5.90 Å². The van der Waals surface area contributed by atoms with Gasteiger partial charge in [0.05, 0.1) is 6.10 Å². The molecule has 0 saturated carbocycles. The number of nitrogens with zero attached hydrogens (tertiary/aromatic N) is 1. The smallest absolute Gasteiger partial charge is 0.0824 e. The molecule has 0 aromatic heterocycles. The molecule has 1 fully saturated rings. The molecule has 0 aromatic rings. The molecule has 3 N–H and O–H groups in total. The highest BCUT2D eigenvalue weighted by atomic mass is 16.6. The average Bonchev–Trinajstić information content (AvgIpc) is 1.99. The summed E-state index contributed by atoms with van der Waals surface area (Å²) in [5.74, 6) is 5.19. The summed E-state index contributed by atoms with van der Waals surface area (Å²) in [4.78, 5) is 4.87. The van der Waals surface area contributed by atoms with E-state index in [0.29, 0.717) is 0 Å². The largest absolute Gasteiger partial charge is 0.313 e. The molecule has 0 radical (unpaired) electrons. The summed E-state index contributed by atoms with van der Waals surface area (Å²) >= 11 is 0. The summed E-state index contributed by atoms with van der Waals surface area (Å²) in [5.41, 5.74) is -0.544. The molecule has 13 heavy (non-hydrogen) atoms. The molecule has 1 saturated heterocycles. The Morgan fingerprint density at radius 1 is 1.23 bits per heavy atom. The number of rotatable bonds is 1. The van der Waals surface area contributed by atoms with Crippen molar-refractivity contribution in [3.63, 3.8) is 0 Å². The first kappa shape index (κ1) is 10.9. The second-order valence-corrected chi connectivity index (χ2v) is 5.10. The van der Waals surface area contributed by atoms with E-state index in [-0.39, 0.29) is 17.2 Å². The number of hydroxylamine groups is 2. The van der Waals surface area contributed by atoms with E-state index in [0.717, 1.165) is 12.8 Å². The van der Waals surface area contributed by atoms with Gasteiger partial charge in [0.2, 0.25) is 0 Å². The fraction of sp³-hybridized carbons (Fsp3) is 1.00. The number of hydrogen-bond donors (Lipinski definition) is 2. The molecule has 78 valence electrons. The van der Waals surface area contributed by atoms with E-state index in [9.17, 15) is 5.21 Å². The number of piperidine rings is 1. The topological polar surface area (TPSA) is 58.7 Å². The maximum absolute atomic E-state index is 9.91. The van der Waals surface area contributed by atoms with Gasteiger partial charge in [-0.15, -0.1) is 0 Å². The standard InChI is InChI=1S/C9H20N2O2/c1-8(2)5-7(13-10)6-9(3,4)11(8)12/h7,12H,5-6,10H2,1-4H3. The van der Waals surface area contributed by atoms with Crippen LogP contribution in [0.2, 0.25) is 0 Å². The molecule has 4 heteroatoms. The first-order valence-corrected chi connectivity index (χ1v) is 4.64. The van der Waals surface area contributed by atoms with Crippen molar-refractivity contribution < 1.29 is 10.0 Å². The van der Waals surface area contributed by atoms with Gasteiger partial charge in [-0.2, -0.15) is 5.06 Å². The van der Waals surface area contributed by atoms with Crippen molar-refractivity contribution in [3.05, 3.63) is 0 Å². The lowest BCUT2D eigenvalue weighted by molar-refractivity contribution is -0.261. The molecule has 0 aromatic carbocycles. The van der Waals surface area contributed by atoms with Crippen molar-refractivity contribution in [2.75, 3.05) is 0 Å². The van der Waals surface area contributed by atoms with Crippen LogP contribution in [0.3, 0.4) is 0 Å². The van der Waals surface area contributed by atoms with Crippen LogP contribution in [0.1, 0.15) is 40.5 Å². The quantitative estimate of drug-likeness (QED) is 0.609. The van der Waals surface area contributed by atoms with Crippen LogP contribution < -0.4 is 5.90 Å². The van der Waals surface area contributed by atoms with Crippen LogP contribution in [0.5, 0.6) is 0 Å². The average molecular weight is 188 g/mol. The zero-order valence-corrected chi connectivity index (χ0v) is 8.87. The molecule has 1 rings (SSSR count). The summed E-state index contributed by atoms with van der Waals surface area (Å²) < 4.78 is 0. The predicted octanol–water partition coefficient (Wildman–Crippen LogP) is 1.29. The third-order valence-corrected chi connectivity index (χ3v) is 2.79. The fourth-order valence-corrected chi connectivity index (χ4v) is 2.27. The molecule has 0 spiro atoms. The highest BCUT2D eigenvalue weighted by molar-refractivity contribution is 4.96. The summed E-state index contributed by atoms with van der Waals surface area (Å²) in [7, 11) is 0. The Morgan fingerprint density at radius 2 is 1.62 bits per heavy atom. The molecule has 1 aliphatic rings. The first-order chi connectivity index (χ1) is 5.79. The summed E-state index contributed by atoms with van der Waals surface area (Å²) in [6, 6.07) is 0. The molecule has 4 nitrogen and oxygen atoms in total. The summed E-state index contributed by atoms with van der Waals surface area (Å²) in [6.45, 7) is 7.94. The Kier molecular flexibility index (Phi) is 2.69. The van der Waals surface area contributed by atoms with E-state index in [1.165, 1.54) is 5.06 Å². The van der Waals surface area contributed by atoms with Crippen LogP contribution in [-0.2, 0) is 4.84 Å². The van der Waals surface area contributed by atoms with Gasteiger partial charge < -0.3 is 10.0 Å². The van der Waals surface area contributed by atoms with Crippen LogP contribution in [0.15, 0.2) is 0 Å². The Morgan fingerprint density at radius 3 is 1.92 bits per heavy atom. The monoisotopic (exact) mass is 188 g/mol. The van der Waals surface area contributed by atoms with Gasteiger partial charge in [0.15, 0.2) is 0 Å². The zero-order chi connectivity index (χ0) is 10.3. The first-order valence-electron chi connectivity index (χ1n) is 4.64. The minimum atomic E-state index is -0.272. The van der Waals surface area contributed by atoms with E-state index >= 15 is 0 Å². The van der Waals surface area contributed by atoms with E-state index < -0.39 is 0 Å². The van der Waals surface area contributed by atoms with Gasteiger partial charge in [-0.3, -0.25) is 0 Å². The SMILES string of the molecule is CC1(C)CC(ON)CC(C)(C)N1O. The highest BCUT2D eigenvalue weighted by Gasteiger charge is 2.45. The van der Waals surface area contributed by atoms with Crippen molar-refractivity contribution in [1.29, 1.82) is 0 Å². The van der Waals surface area contributed by atoms with Gasteiger partial charge in [-0.05, 0) is 40.5 Å². The van der Waals surface area contributed by atoms with E-state index in [2.05, 4.69) is 0 Å². The van der Waals surface area contributed by atoms with Crippen molar-refractivity contribution >= 4 is 0 Å². The third kappa shape index (κ3) is 2.02. The van der Waals surface area contributed by atoms with Crippen LogP contribution in [0, 0.1) is 0 Å². The summed E-state index contributed by atoms with van der Waals surface area (Å²) in [6.07, 6.45) is 1.54. The van der Waals surface area contributed by atoms with Crippen LogP contribution >= 0.6 is 0 Å². The molecular weight excluding hydrogens is 168 g/mol. The van der Waals surface area contributed by atoms with Crippen LogP contribution in [0.25, 0.3) is 0 Å². The van der Waals surface area contributed by atoms with E-state index in [1.807, 2.05) is 27.7 Å². The lowest BCUT2D eigenvalue weighted by Crippen LogP contribution is -2.60. The lowest BCUT2D eigenvalue weighted by atomic mass is 9.80. The van der Waals surface area contributed by atoms with Crippen LogP contribution in [-0.4, -0.2) is 27.5 Å². The Balaban J connectivity index is 2.82. The minimum Gasteiger partial charge on any atom is -0.313 e. The Hall–Kier alpha value is -0.160. The van der Waals surface area contributed by atoms with E-state index in [4.69, 9.17) is 10.7 Å². The Bertz CT molecular complexity index is 174. The minimum absolute atomic E-state index is 0.0356. The van der Waals surface area contributed by atoms with E-state index in [1.54, 1.807) is 0 Å². The molecular formula is C9H20N2O2. The van der Waals surface area contributed by atoms with Crippen molar-refractivity contribution in [3.8, 4) is 0 Å². The Labute approximate surface area is 79.6 Å². The number of hydrogen-bond acceptors (Lipinski definition) is 4. The fourth-order valence-electron chi connectivity index (χ4n) is 2.27. The maximum atomic E-state index is 9.91. The molecule has 1 heterocycles. The second kappa shape index (κ2) is 3.20. The van der Waals surface area contributed by atoms with Gasteiger partial charge in [0.25, 0.3) is 0 Å². The predicted molar refractivity (Wildman–Crippen MR) is 50.1 cm³/mol. The maximum Gasteiger partial charge on any atom is 0.0824 e. The third-order valence-electron chi connectivity index (χ3n) is 2.79. The second-order valence-electron chi connectivity index (χ2n) is 5.10. The number of nitrogens with two attached hydrogens (primary N) is 1. The van der Waals surface area contributed by atoms with Crippen molar-refractivity contribution in [2.45, 2.75) is 57.7 Å². The molecule has 0 aliphatic carbocycles. The molecule has 0 atom stereocenters. The van der Waals surface area contributed by atoms with Crippen LogP contribution in [0.4, 0.5) is 0 Å². The highest BCUT2D eigenvalue weighted by Crippen LogP contribution is 2.37. The summed E-state index contributed by atoms with van der Waals surface area (Å²) in [5, 5.41) is 11.3. The molecule has 0 amide bonds. The zero-order valence-electron chi connectivity index (χ0n) is 8.87. The van der Waals surface area contributed by atoms with Crippen molar-refractivity contribution in [1.82, 2.24) is 5.06 Å². The molecule has 1 aliphatic heterocycles. The lowest BCUT2D eigenvalue weighted by Gasteiger charge is -2.50.